The standard InChI is InChI=1S/C13H16N6O2/c1-8(2)16-12-11(19(20)21)13(15-7-14-12)18-10-6-4-5-9(3)17-10/h4-8H,1-3H3,(H2,14,15,16,17,18). The second kappa shape index (κ2) is 6.12. The molecule has 0 aromatic carbocycles. The lowest BCUT2D eigenvalue weighted by Gasteiger charge is -2.11. The molecule has 0 aliphatic rings. The van der Waals surface area contributed by atoms with Crippen LogP contribution in [0.15, 0.2) is 24.5 Å². The van der Waals surface area contributed by atoms with Crippen molar-refractivity contribution in [1.82, 2.24) is 15.0 Å². The zero-order valence-corrected chi connectivity index (χ0v) is 12.0. The van der Waals surface area contributed by atoms with E-state index in [9.17, 15) is 10.1 Å². The first-order valence-corrected chi connectivity index (χ1v) is 6.44. The van der Waals surface area contributed by atoms with Crippen molar-refractivity contribution in [2.45, 2.75) is 26.8 Å². The van der Waals surface area contributed by atoms with Crippen LogP contribution in [0.4, 0.5) is 23.1 Å². The first-order chi connectivity index (χ1) is 9.97. The Morgan fingerprint density at radius 2 is 1.95 bits per heavy atom. The van der Waals surface area contributed by atoms with Crippen molar-refractivity contribution >= 4 is 23.1 Å². The van der Waals surface area contributed by atoms with E-state index in [0.717, 1.165) is 5.69 Å². The van der Waals surface area contributed by atoms with Gasteiger partial charge in [-0.15, -0.1) is 0 Å². The second-order valence-corrected chi connectivity index (χ2v) is 4.76. The minimum Gasteiger partial charge on any atom is -0.362 e. The molecule has 0 unspecified atom stereocenters. The number of nitrogens with zero attached hydrogens (tertiary/aromatic N) is 4. The molecule has 110 valence electrons. The minimum atomic E-state index is -0.511. The molecule has 2 aromatic rings. The van der Waals surface area contributed by atoms with Crippen LogP contribution in [0, 0.1) is 17.0 Å². The van der Waals surface area contributed by atoms with Crippen LogP contribution in [0.5, 0.6) is 0 Å². The molecule has 0 saturated heterocycles. The van der Waals surface area contributed by atoms with E-state index in [0.29, 0.717) is 5.82 Å². The third-order valence-corrected chi connectivity index (χ3v) is 2.57. The predicted molar refractivity (Wildman–Crippen MR) is 79.7 cm³/mol. The molecule has 0 aliphatic carbocycles. The van der Waals surface area contributed by atoms with Gasteiger partial charge >= 0.3 is 5.69 Å². The summed E-state index contributed by atoms with van der Waals surface area (Å²) in [4.78, 5) is 22.9. The highest BCUT2D eigenvalue weighted by Crippen LogP contribution is 2.30. The summed E-state index contributed by atoms with van der Waals surface area (Å²) in [6.07, 6.45) is 1.27. The molecule has 2 aromatic heterocycles. The lowest BCUT2D eigenvalue weighted by molar-refractivity contribution is -0.383. The number of nitrogens with one attached hydrogen (secondary N) is 2. The topological polar surface area (TPSA) is 106 Å². The van der Waals surface area contributed by atoms with Gasteiger partial charge in [-0.1, -0.05) is 6.07 Å². The summed E-state index contributed by atoms with van der Waals surface area (Å²) in [5, 5.41) is 17.1. The Bertz CT molecular complexity index is 659. The van der Waals surface area contributed by atoms with E-state index in [1.165, 1.54) is 6.33 Å². The van der Waals surface area contributed by atoms with Crippen molar-refractivity contribution in [3.05, 3.63) is 40.3 Å². The molecule has 0 aliphatic heterocycles. The largest absolute Gasteiger partial charge is 0.362 e. The molecule has 0 radical (unpaired) electrons. The van der Waals surface area contributed by atoms with Gasteiger partial charge in [-0.3, -0.25) is 10.1 Å². The lowest BCUT2D eigenvalue weighted by atomic mass is 10.3. The maximum absolute atomic E-state index is 11.3. The van der Waals surface area contributed by atoms with Gasteiger partial charge in [0.15, 0.2) is 0 Å². The van der Waals surface area contributed by atoms with E-state index in [4.69, 9.17) is 0 Å². The molecular weight excluding hydrogens is 272 g/mol. The molecule has 0 fully saturated rings. The van der Waals surface area contributed by atoms with Crippen LogP contribution >= 0.6 is 0 Å². The minimum absolute atomic E-state index is 0.0172. The number of aromatic nitrogens is 3. The summed E-state index contributed by atoms with van der Waals surface area (Å²) in [5.41, 5.74) is 0.603. The van der Waals surface area contributed by atoms with E-state index >= 15 is 0 Å². The van der Waals surface area contributed by atoms with Crippen molar-refractivity contribution in [2.24, 2.45) is 0 Å². The molecule has 8 heteroatoms. The number of anilines is 3. The molecule has 0 saturated carbocycles. The average Bonchev–Trinajstić information content (AvgIpc) is 2.37. The quantitative estimate of drug-likeness (QED) is 0.643. The van der Waals surface area contributed by atoms with Crippen molar-refractivity contribution in [1.29, 1.82) is 0 Å². The van der Waals surface area contributed by atoms with Crippen LogP contribution in [0.2, 0.25) is 0 Å². The van der Waals surface area contributed by atoms with Gasteiger partial charge in [0.1, 0.15) is 12.1 Å². The Hall–Kier alpha value is -2.77. The van der Waals surface area contributed by atoms with Gasteiger partial charge in [-0.2, -0.15) is 0 Å². The SMILES string of the molecule is Cc1cccc(Nc2ncnc(NC(C)C)c2[N+](=O)[O-])n1. The zero-order chi connectivity index (χ0) is 15.4. The number of pyridine rings is 1. The van der Waals surface area contributed by atoms with E-state index in [1.54, 1.807) is 6.07 Å². The Morgan fingerprint density at radius 1 is 1.24 bits per heavy atom. The summed E-state index contributed by atoms with van der Waals surface area (Å²) in [6, 6.07) is 5.38. The van der Waals surface area contributed by atoms with Gasteiger partial charge in [0.2, 0.25) is 11.6 Å². The first-order valence-electron chi connectivity index (χ1n) is 6.44. The van der Waals surface area contributed by atoms with Gasteiger partial charge in [0, 0.05) is 11.7 Å². The molecule has 0 spiro atoms. The second-order valence-electron chi connectivity index (χ2n) is 4.76. The van der Waals surface area contributed by atoms with Crippen molar-refractivity contribution in [2.75, 3.05) is 10.6 Å². The summed E-state index contributed by atoms with van der Waals surface area (Å²) < 4.78 is 0. The maximum Gasteiger partial charge on any atom is 0.353 e. The third kappa shape index (κ3) is 3.62. The van der Waals surface area contributed by atoms with Crippen LogP contribution in [0.25, 0.3) is 0 Å². The Balaban J connectivity index is 2.41. The molecule has 0 bridgehead atoms. The Kier molecular flexibility index (Phi) is 4.27. The first kappa shape index (κ1) is 14.6. The molecule has 0 atom stereocenters. The summed E-state index contributed by atoms with van der Waals surface area (Å²) in [6.45, 7) is 5.59. The van der Waals surface area contributed by atoms with Crippen LogP contribution in [-0.4, -0.2) is 25.9 Å². The summed E-state index contributed by atoms with van der Waals surface area (Å²) in [5.74, 6) is 0.781. The van der Waals surface area contributed by atoms with E-state index in [1.807, 2.05) is 32.9 Å². The normalized spacial score (nSPS) is 10.5. The number of hydrogen-bond donors (Lipinski definition) is 2. The van der Waals surface area contributed by atoms with Gasteiger partial charge in [-0.05, 0) is 32.9 Å². The lowest BCUT2D eigenvalue weighted by Crippen LogP contribution is -2.14. The Labute approximate surface area is 121 Å². The van der Waals surface area contributed by atoms with Gasteiger partial charge in [0.25, 0.3) is 0 Å². The highest BCUT2D eigenvalue weighted by atomic mass is 16.6. The third-order valence-electron chi connectivity index (χ3n) is 2.57. The van der Waals surface area contributed by atoms with Crippen molar-refractivity contribution in [3.63, 3.8) is 0 Å². The maximum atomic E-state index is 11.3. The predicted octanol–water partition coefficient (Wildman–Crippen LogP) is 2.65. The zero-order valence-electron chi connectivity index (χ0n) is 12.0. The molecule has 8 nitrogen and oxygen atoms in total. The number of rotatable bonds is 5. The molecule has 0 amide bonds. The van der Waals surface area contributed by atoms with Crippen molar-refractivity contribution in [3.8, 4) is 0 Å². The molecular formula is C13H16N6O2. The monoisotopic (exact) mass is 288 g/mol. The van der Waals surface area contributed by atoms with Crippen LogP contribution in [0.3, 0.4) is 0 Å². The number of aryl methyl sites for hydroxylation is 1. The summed E-state index contributed by atoms with van der Waals surface area (Å²) in [7, 11) is 0. The van der Waals surface area contributed by atoms with E-state index in [-0.39, 0.29) is 23.4 Å². The molecule has 2 heterocycles. The molecule has 21 heavy (non-hydrogen) atoms. The van der Waals surface area contributed by atoms with Crippen molar-refractivity contribution < 1.29 is 4.92 Å². The van der Waals surface area contributed by atoms with Crippen LogP contribution < -0.4 is 10.6 Å². The van der Waals surface area contributed by atoms with Crippen LogP contribution in [0.1, 0.15) is 19.5 Å². The molecule has 2 N–H and O–H groups in total. The van der Waals surface area contributed by atoms with E-state index in [2.05, 4.69) is 25.6 Å². The number of nitro groups is 1. The fraction of sp³-hybridized carbons (Fsp3) is 0.308. The molecule has 2 rings (SSSR count). The van der Waals surface area contributed by atoms with E-state index < -0.39 is 4.92 Å². The van der Waals surface area contributed by atoms with Gasteiger partial charge in [0.05, 0.1) is 4.92 Å². The number of hydrogen-bond acceptors (Lipinski definition) is 7. The highest BCUT2D eigenvalue weighted by molar-refractivity contribution is 5.72. The van der Waals surface area contributed by atoms with Gasteiger partial charge < -0.3 is 10.6 Å². The fourth-order valence-corrected chi connectivity index (χ4v) is 1.76. The Morgan fingerprint density at radius 3 is 2.57 bits per heavy atom. The van der Waals surface area contributed by atoms with Gasteiger partial charge in [-0.25, -0.2) is 15.0 Å². The highest BCUT2D eigenvalue weighted by Gasteiger charge is 2.23. The smallest absolute Gasteiger partial charge is 0.353 e. The average molecular weight is 288 g/mol. The van der Waals surface area contributed by atoms with Crippen LogP contribution in [-0.2, 0) is 0 Å². The summed E-state index contributed by atoms with van der Waals surface area (Å²) >= 11 is 0. The fourth-order valence-electron chi connectivity index (χ4n) is 1.76.